The molecule has 11 nitrogen and oxygen atoms in total. The molecule has 3 aliphatic rings. The van der Waals surface area contributed by atoms with Gasteiger partial charge in [-0.15, -0.1) is 0 Å². The highest BCUT2D eigenvalue weighted by Gasteiger charge is 2.31. The number of aromatic nitrogens is 1. The standard InChI is InChI=1S/C21H25N3O4S.C2H2O4/c25-20(15-1-2-18-19(13-15)27-14-26-18)24-8-3-16(4-9-24)23-10-5-17(6-11-23)28-21-22-7-12-29-21;3-1(4)2(5)6/h1-2,7,12-13,16-17H,3-6,8-11,14H2;(H,3,4)(H,5,6). The third kappa shape index (κ3) is 6.40. The number of likely N-dealkylation sites (tertiary alicyclic amines) is 2. The van der Waals surface area contributed by atoms with Crippen molar-refractivity contribution in [2.75, 3.05) is 33.0 Å². The van der Waals surface area contributed by atoms with Crippen molar-refractivity contribution < 1.29 is 38.8 Å². The number of carbonyl (C=O) groups is 3. The van der Waals surface area contributed by atoms with Gasteiger partial charge in [0, 0.05) is 49.4 Å². The normalized spacial score (nSPS) is 18.5. The lowest BCUT2D eigenvalue weighted by Gasteiger charge is -2.41. The molecule has 12 heteroatoms. The topological polar surface area (TPSA) is 139 Å². The monoisotopic (exact) mass is 505 g/mol. The number of fused-ring (bicyclic) bond motifs is 1. The maximum atomic E-state index is 12.9. The zero-order valence-electron chi connectivity index (χ0n) is 19.0. The number of carboxylic acids is 2. The SMILES string of the molecule is O=C(O)C(=O)O.O=C(c1ccc2c(c1)OCO2)N1CCC(N2CCC(Oc3nccs3)CC2)CC1. The van der Waals surface area contributed by atoms with E-state index >= 15 is 0 Å². The minimum absolute atomic E-state index is 0.0808. The van der Waals surface area contributed by atoms with Crippen LogP contribution in [0.2, 0.25) is 0 Å². The molecule has 2 N–H and O–H groups in total. The van der Waals surface area contributed by atoms with Gasteiger partial charge in [-0.3, -0.25) is 9.69 Å². The van der Waals surface area contributed by atoms with Gasteiger partial charge in [0.2, 0.25) is 6.79 Å². The van der Waals surface area contributed by atoms with Crippen LogP contribution < -0.4 is 14.2 Å². The number of thiazole rings is 1. The van der Waals surface area contributed by atoms with Crippen molar-refractivity contribution in [2.45, 2.75) is 37.8 Å². The van der Waals surface area contributed by atoms with E-state index in [9.17, 15) is 4.79 Å². The maximum Gasteiger partial charge on any atom is 0.414 e. The zero-order valence-corrected chi connectivity index (χ0v) is 19.8. The van der Waals surface area contributed by atoms with E-state index in [0.717, 1.165) is 57.1 Å². The number of piperidine rings is 2. The third-order valence-electron chi connectivity index (χ3n) is 6.22. The van der Waals surface area contributed by atoms with Crippen LogP contribution in [0, 0.1) is 0 Å². The summed E-state index contributed by atoms with van der Waals surface area (Å²) in [6.07, 6.45) is 6.17. The molecule has 0 saturated carbocycles. The van der Waals surface area contributed by atoms with Gasteiger partial charge in [-0.1, -0.05) is 11.3 Å². The molecule has 188 valence electrons. The molecule has 0 bridgehead atoms. The molecule has 0 spiro atoms. The average molecular weight is 506 g/mol. The number of nitrogens with zero attached hydrogens (tertiary/aromatic N) is 3. The Kier molecular flexibility index (Phi) is 8.03. The fourth-order valence-corrected chi connectivity index (χ4v) is 4.97. The summed E-state index contributed by atoms with van der Waals surface area (Å²) >= 11 is 1.55. The number of hydrogen-bond donors (Lipinski definition) is 2. The van der Waals surface area contributed by atoms with E-state index < -0.39 is 11.9 Å². The van der Waals surface area contributed by atoms with Gasteiger partial charge in [0.05, 0.1) is 0 Å². The van der Waals surface area contributed by atoms with Crippen LogP contribution in [0.3, 0.4) is 0 Å². The quantitative estimate of drug-likeness (QED) is 0.595. The summed E-state index contributed by atoms with van der Waals surface area (Å²) in [5.74, 6) is -2.20. The first-order valence-corrected chi connectivity index (χ1v) is 12.2. The molecule has 1 aromatic carbocycles. The van der Waals surface area contributed by atoms with Crippen LogP contribution in [0.15, 0.2) is 29.8 Å². The number of rotatable bonds is 4. The molecule has 0 unspecified atom stereocenters. The third-order valence-corrected chi connectivity index (χ3v) is 6.89. The second kappa shape index (κ2) is 11.4. The first kappa shape index (κ1) is 24.7. The lowest BCUT2D eigenvalue weighted by molar-refractivity contribution is -0.159. The summed E-state index contributed by atoms with van der Waals surface area (Å²) in [5.41, 5.74) is 0.674. The Hall–Kier alpha value is -3.38. The Balaban J connectivity index is 0.000000431. The van der Waals surface area contributed by atoms with E-state index in [4.69, 9.17) is 34.0 Å². The molecule has 2 aromatic rings. The van der Waals surface area contributed by atoms with Crippen molar-refractivity contribution in [1.29, 1.82) is 0 Å². The van der Waals surface area contributed by atoms with Crippen molar-refractivity contribution in [2.24, 2.45) is 0 Å². The van der Waals surface area contributed by atoms with Crippen molar-refractivity contribution in [3.63, 3.8) is 0 Å². The van der Waals surface area contributed by atoms with E-state index in [-0.39, 0.29) is 18.8 Å². The van der Waals surface area contributed by atoms with E-state index in [1.54, 1.807) is 23.6 Å². The number of hydrogen-bond acceptors (Lipinski definition) is 9. The Morgan fingerprint density at radius 2 is 1.66 bits per heavy atom. The van der Waals surface area contributed by atoms with Crippen LogP contribution in [0.1, 0.15) is 36.0 Å². The van der Waals surface area contributed by atoms with Gasteiger partial charge in [0.1, 0.15) is 6.10 Å². The van der Waals surface area contributed by atoms with Gasteiger partial charge in [-0.05, 0) is 43.9 Å². The summed E-state index contributed by atoms with van der Waals surface area (Å²) < 4.78 is 16.7. The number of carbonyl (C=O) groups excluding carboxylic acids is 1. The largest absolute Gasteiger partial charge is 0.473 e. The van der Waals surface area contributed by atoms with E-state index in [1.165, 1.54) is 0 Å². The molecular weight excluding hydrogens is 478 g/mol. The molecule has 0 aliphatic carbocycles. The molecule has 2 fully saturated rings. The van der Waals surface area contributed by atoms with Crippen LogP contribution in [-0.2, 0) is 9.59 Å². The smallest absolute Gasteiger partial charge is 0.414 e. The predicted octanol–water partition coefficient (Wildman–Crippen LogP) is 2.18. The van der Waals surface area contributed by atoms with E-state index in [0.29, 0.717) is 23.1 Å². The first-order chi connectivity index (χ1) is 16.9. The van der Waals surface area contributed by atoms with Crippen LogP contribution in [0.4, 0.5) is 0 Å². The van der Waals surface area contributed by atoms with Crippen LogP contribution >= 0.6 is 11.3 Å². The summed E-state index contributed by atoms with van der Waals surface area (Å²) in [6, 6.07) is 6.00. The Labute approximate surface area is 205 Å². The number of carboxylic acid groups (broad SMARTS) is 2. The summed E-state index contributed by atoms with van der Waals surface area (Å²) in [7, 11) is 0. The second-order valence-corrected chi connectivity index (χ2v) is 9.21. The zero-order chi connectivity index (χ0) is 24.8. The molecular formula is C23H27N3O8S. The maximum absolute atomic E-state index is 12.9. The Morgan fingerprint density at radius 1 is 0.971 bits per heavy atom. The molecule has 2 saturated heterocycles. The fraction of sp³-hybridized carbons (Fsp3) is 0.478. The van der Waals surface area contributed by atoms with E-state index in [2.05, 4.69) is 9.88 Å². The van der Waals surface area contributed by atoms with Gasteiger partial charge in [0.25, 0.3) is 11.1 Å². The molecule has 0 atom stereocenters. The Bertz CT molecular complexity index is 1020. The van der Waals surface area contributed by atoms with Gasteiger partial charge in [-0.25, -0.2) is 14.6 Å². The molecule has 1 aromatic heterocycles. The minimum atomic E-state index is -1.82. The summed E-state index contributed by atoms with van der Waals surface area (Å²) in [6.45, 7) is 3.93. The highest BCUT2D eigenvalue weighted by Crippen LogP contribution is 2.33. The highest BCUT2D eigenvalue weighted by molar-refractivity contribution is 7.11. The summed E-state index contributed by atoms with van der Waals surface area (Å²) in [5, 5.41) is 17.5. The van der Waals surface area contributed by atoms with Gasteiger partial charge in [-0.2, -0.15) is 0 Å². The lowest BCUT2D eigenvalue weighted by atomic mass is 9.98. The van der Waals surface area contributed by atoms with Crippen molar-refractivity contribution in [3.8, 4) is 16.7 Å². The molecule has 5 rings (SSSR count). The molecule has 35 heavy (non-hydrogen) atoms. The van der Waals surface area contributed by atoms with Gasteiger partial charge in [0.15, 0.2) is 11.5 Å². The number of amides is 1. The molecule has 4 heterocycles. The number of ether oxygens (including phenoxy) is 3. The van der Waals surface area contributed by atoms with Crippen LogP contribution in [0.25, 0.3) is 0 Å². The predicted molar refractivity (Wildman–Crippen MR) is 124 cm³/mol. The number of benzene rings is 1. The van der Waals surface area contributed by atoms with Crippen LogP contribution in [0.5, 0.6) is 16.7 Å². The van der Waals surface area contributed by atoms with E-state index in [1.807, 2.05) is 22.4 Å². The van der Waals surface area contributed by atoms with Gasteiger partial charge < -0.3 is 29.3 Å². The van der Waals surface area contributed by atoms with Crippen molar-refractivity contribution in [1.82, 2.24) is 14.8 Å². The average Bonchev–Trinajstić information content (AvgIpc) is 3.56. The minimum Gasteiger partial charge on any atom is -0.473 e. The van der Waals surface area contributed by atoms with Crippen molar-refractivity contribution >= 4 is 29.2 Å². The van der Waals surface area contributed by atoms with Gasteiger partial charge >= 0.3 is 11.9 Å². The Morgan fingerprint density at radius 3 is 2.29 bits per heavy atom. The summed E-state index contributed by atoms with van der Waals surface area (Å²) in [4.78, 5) is 39.8. The lowest BCUT2D eigenvalue weighted by Crippen LogP contribution is -2.50. The van der Waals surface area contributed by atoms with Crippen LogP contribution in [-0.4, -0.2) is 88.0 Å². The second-order valence-electron chi connectivity index (χ2n) is 8.35. The molecule has 0 radical (unpaired) electrons. The van der Waals surface area contributed by atoms with Crippen molar-refractivity contribution in [3.05, 3.63) is 35.3 Å². The molecule has 3 aliphatic heterocycles. The fourth-order valence-electron chi connectivity index (χ4n) is 4.42. The number of aliphatic carboxylic acids is 2. The molecule has 1 amide bonds. The highest BCUT2D eigenvalue weighted by atomic mass is 32.1. The first-order valence-electron chi connectivity index (χ1n) is 11.4.